The lowest BCUT2D eigenvalue weighted by Crippen LogP contribution is -2.45. The molecule has 0 spiro atoms. The first kappa shape index (κ1) is 15.0. The van der Waals surface area contributed by atoms with E-state index in [0.717, 1.165) is 43.9 Å². The molecule has 22 heavy (non-hydrogen) atoms. The SMILES string of the molecule is COc1ccc2c(c1)OC[C@@H](CNC(=O)N1CCCCC1)C2. The number of rotatable bonds is 3. The number of likely N-dealkylation sites (tertiary alicyclic amines) is 1. The number of amides is 2. The molecule has 0 radical (unpaired) electrons. The molecule has 2 heterocycles. The highest BCUT2D eigenvalue weighted by atomic mass is 16.5. The van der Waals surface area contributed by atoms with E-state index in [0.29, 0.717) is 19.1 Å². The quantitative estimate of drug-likeness (QED) is 0.933. The maximum Gasteiger partial charge on any atom is 0.317 e. The Morgan fingerprint density at radius 1 is 1.36 bits per heavy atom. The predicted molar refractivity (Wildman–Crippen MR) is 84.5 cm³/mol. The molecule has 1 aromatic carbocycles. The lowest BCUT2D eigenvalue weighted by molar-refractivity contribution is 0.177. The largest absolute Gasteiger partial charge is 0.497 e. The normalized spacial score (nSPS) is 20.8. The van der Waals surface area contributed by atoms with Crippen molar-refractivity contribution in [2.45, 2.75) is 25.7 Å². The Morgan fingerprint density at radius 3 is 2.95 bits per heavy atom. The van der Waals surface area contributed by atoms with Gasteiger partial charge < -0.3 is 19.7 Å². The van der Waals surface area contributed by atoms with Crippen molar-refractivity contribution in [3.8, 4) is 11.5 Å². The fraction of sp³-hybridized carbons (Fsp3) is 0.588. The van der Waals surface area contributed by atoms with Crippen LogP contribution in [0.15, 0.2) is 18.2 Å². The molecule has 2 aliphatic rings. The molecular formula is C17H24N2O3. The van der Waals surface area contributed by atoms with E-state index in [1.54, 1.807) is 7.11 Å². The fourth-order valence-electron chi connectivity index (χ4n) is 3.11. The summed E-state index contributed by atoms with van der Waals surface area (Å²) in [6, 6.07) is 6.00. The number of ether oxygens (including phenoxy) is 2. The highest BCUT2D eigenvalue weighted by Crippen LogP contribution is 2.30. The Kier molecular flexibility index (Phi) is 4.71. The van der Waals surface area contributed by atoms with Gasteiger partial charge in [0.15, 0.2) is 0 Å². The number of carbonyl (C=O) groups is 1. The summed E-state index contributed by atoms with van der Waals surface area (Å²) in [5, 5.41) is 3.06. The highest BCUT2D eigenvalue weighted by molar-refractivity contribution is 5.74. The molecule has 0 aromatic heterocycles. The van der Waals surface area contributed by atoms with E-state index in [4.69, 9.17) is 9.47 Å². The zero-order valence-electron chi connectivity index (χ0n) is 13.1. The van der Waals surface area contributed by atoms with Gasteiger partial charge >= 0.3 is 6.03 Å². The van der Waals surface area contributed by atoms with E-state index < -0.39 is 0 Å². The Balaban J connectivity index is 1.51. The third-order valence-corrected chi connectivity index (χ3v) is 4.44. The van der Waals surface area contributed by atoms with Crippen LogP contribution in [0.5, 0.6) is 11.5 Å². The van der Waals surface area contributed by atoms with Crippen molar-refractivity contribution in [1.82, 2.24) is 10.2 Å². The first-order valence-electron chi connectivity index (χ1n) is 8.09. The molecule has 3 rings (SSSR count). The van der Waals surface area contributed by atoms with Crippen LogP contribution in [0.4, 0.5) is 4.79 Å². The topological polar surface area (TPSA) is 50.8 Å². The van der Waals surface area contributed by atoms with Gasteiger partial charge in [-0.2, -0.15) is 0 Å². The maximum atomic E-state index is 12.1. The molecule has 0 saturated carbocycles. The number of fused-ring (bicyclic) bond motifs is 1. The number of carbonyl (C=O) groups excluding carboxylic acids is 1. The van der Waals surface area contributed by atoms with Crippen molar-refractivity contribution in [2.75, 3.05) is 33.4 Å². The van der Waals surface area contributed by atoms with E-state index in [9.17, 15) is 4.79 Å². The van der Waals surface area contributed by atoms with Crippen LogP contribution in [0.2, 0.25) is 0 Å². The summed E-state index contributed by atoms with van der Waals surface area (Å²) >= 11 is 0. The summed E-state index contributed by atoms with van der Waals surface area (Å²) in [6.07, 6.45) is 4.41. The van der Waals surface area contributed by atoms with Crippen LogP contribution in [0.3, 0.4) is 0 Å². The smallest absolute Gasteiger partial charge is 0.317 e. The van der Waals surface area contributed by atoms with E-state index in [1.165, 1.54) is 12.0 Å². The Labute approximate surface area is 131 Å². The molecule has 1 fully saturated rings. The minimum Gasteiger partial charge on any atom is -0.497 e. The van der Waals surface area contributed by atoms with Gasteiger partial charge in [0.2, 0.25) is 0 Å². The number of benzene rings is 1. The molecule has 1 aromatic rings. The molecular weight excluding hydrogens is 280 g/mol. The van der Waals surface area contributed by atoms with E-state index in [-0.39, 0.29) is 6.03 Å². The zero-order valence-corrected chi connectivity index (χ0v) is 13.1. The van der Waals surface area contributed by atoms with Gasteiger partial charge in [-0.25, -0.2) is 4.79 Å². The van der Waals surface area contributed by atoms with E-state index in [2.05, 4.69) is 5.32 Å². The van der Waals surface area contributed by atoms with Crippen molar-refractivity contribution in [3.05, 3.63) is 23.8 Å². The van der Waals surface area contributed by atoms with Crippen molar-refractivity contribution in [2.24, 2.45) is 5.92 Å². The number of hydrogen-bond acceptors (Lipinski definition) is 3. The Morgan fingerprint density at radius 2 is 2.18 bits per heavy atom. The number of piperidine rings is 1. The second-order valence-electron chi connectivity index (χ2n) is 6.09. The number of nitrogens with zero attached hydrogens (tertiary/aromatic N) is 1. The number of urea groups is 1. The summed E-state index contributed by atoms with van der Waals surface area (Å²) in [7, 11) is 1.66. The number of hydrogen-bond donors (Lipinski definition) is 1. The van der Waals surface area contributed by atoms with Crippen LogP contribution < -0.4 is 14.8 Å². The van der Waals surface area contributed by atoms with Crippen LogP contribution in [0, 0.1) is 5.92 Å². The predicted octanol–water partition coefficient (Wildman–Crippen LogP) is 2.44. The van der Waals surface area contributed by atoms with E-state index >= 15 is 0 Å². The first-order valence-corrected chi connectivity index (χ1v) is 8.09. The van der Waals surface area contributed by atoms with Gasteiger partial charge in [-0.3, -0.25) is 0 Å². The van der Waals surface area contributed by atoms with Crippen LogP contribution in [0.25, 0.3) is 0 Å². The third-order valence-electron chi connectivity index (χ3n) is 4.44. The molecule has 2 amide bonds. The molecule has 1 atom stereocenters. The van der Waals surface area contributed by atoms with Crippen molar-refractivity contribution in [1.29, 1.82) is 0 Å². The molecule has 0 bridgehead atoms. The summed E-state index contributed by atoms with van der Waals surface area (Å²) in [4.78, 5) is 14.0. The minimum atomic E-state index is 0.0697. The highest BCUT2D eigenvalue weighted by Gasteiger charge is 2.22. The van der Waals surface area contributed by atoms with Gasteiger partial charge in [0, 0.05) is 31.6 Å². The summed E-state index contributed by atoms with van der Waals surface area (Å²) in [6.45, 7) is 3.08. The molecule has 0 aliphatic carbocycles. The lowest BCUT2D eigenvalue weighted by atomic mass is 9.96. The molecule has 0 unspecified atom stereocenters. The fourth-order valence-corrected chi connectivity index (χ4v) is 3.11. The van der Waals surface area contributed by atoms with Gasteiger partial charge in [0.05, 0.1) is 13.7 Å². The van der Waals surface area contributed by atoms with Crippen molar-refractivity contribution < 1.29 is 14.3 Å². The molecule has 1 N–H and O–H groups in total. The van der Waals surface area contributed by atoms with Gasteiger partial charge in [0.1, 0.15) is 11.5 Å². The first-order chi connectivity index (χ1) is 10.8. The third kappa shape index (κ3) is 3.46. The lowest BCUT2D eigenvalue weighted by Gasteiger charge is -2.29. The molecule has 1 saturated heterocycles. The molecule has 5 heteroatoms. The van der Waals surface area contributed by atoms with Crippen LogP contribution in [-0.4, -0.2) is 44.3 Å². The second-order valence-corrected chi connectivity index (χ2v) is 6.09. The summed E-state index contributed by atoms with van der Waals surface area (Å²) < 4.78 is 11.0. The van der Waals surface area contributed by atoms with Gasteiger partial charge in [-0.15, -0.1) is 0 Å². The second kappa shape index (κ2) is 6.90. The van der Waals surface area contributed by atoms with Crippen LogP contribution >= 0.6 is 0 Å². The van der Waals surface area contributed by atoms with Gasteiger partial charge in [-0.05, 0) is 37.3 Å². The van der Waals surface area contributed by atoms with Crippen molar-refractivity contribution in [3.63, 3.8) is 0 Å². The Hall–Kier alpha value is -1.91. The monoisotopic (exact) mass is 304 g/mol. The zero-order chi connectivity index (χ0) is 15.4. The standard InChI is InChI=1S/C17H24N2O3/c1-21-15-6-5-14-9-13(12-22-16(14)10-15)11-18-17(20)19-7-3-2-4-8-19/h5-6,10,13H,2-4,7-9,11-12H2,1H3,(H,18,20)/t13-/m1/s1. The molecule has 120 valence electrons. The van der Waals surface area contributed by atoms with Crippen LogP contribution in [-0.2, 0) is 6.42 Å². The Bertz CT molecular complexity index is 527. The minimum absolute atomic E-state index is 0.0697. The summed E-state index contributed by atoms with van der Waals surface area (Å²) in [5.74, 6) is 2.04. The van der Waals surface area contributed by atoms with Crippen molar-refractivity contribution >= 4 is 6.03 Å². The van der Waals surface area contributed by atoms with E-state index in [1.807, 2.05) is 23.1 Å². The number of methoxy groups -OCH3 is 1. The molecule has 2 aliphatic heterocycles. The van der Waals surface area contributed by atoms with Gasteiger partial charge in [-0.1, -0.05) is 6.07 Å². The maximum absolute atomic E-state index is 12.1. The van der Waals surface area contributed by atoms with Crippen LogP contribution in [0.1, 0.15) is 24.8 Å². The average Bonchev–Trinajstić information content (AvgIpc) is 2.59. The number of nitrogens with one attached hydrogen (secondary N) is 1. The molecule has 5 nitrogen and oxygen atoms in total. The summed E-state index contributed by atoms with van der Waals surface area (Å²) in [5.41, 5.74) is 1.18. The average molecular weight is 304 g/mol. The van der Waals surface area contributed by atoms with Gasteiger partial charge in [0.25, 0.3) is 0 Å².